The average molecular weight is 191 g/mol. The molecule has 1 N–H and O–H groups in total. The van der Waals surface area contributed by atoms with E-state index in [9.17, 15) is 0 Å². The van der Waals surface area contributed by atoms with E-state index < -0.39 is 0 Å². The van der Waals surface area contributed by atoms with Gasteiger partial charge in [0.2, 0.25) is 0 Å². The number of hydrogen-bond donors (Lipinski definition) is 1. The predicted molar refractivity (Wildman–Crippen MR) is 59.3 cm³/mol. The lowest BCUT2D eigenvalue weighted by atomic mass is 10.1. The van der Waals surface area contributed by atoms with Crippen molar-refractivity contribution in [1.29, 1.82) is 0 Å². The first-order valence-electron chi connectivity index (χ1n) is 4.44. The van der Waals surface area contributed by atoms with Crippen LogP contribution in [0, 0.1) is 6.92 Å². The maximum atomic E-state index is 3.17. The maximum Gasteiger partial charge on any atom is 0.0348 e. The summed E-state index contributed by atoms with van der Waals surface area (Å²) in [5, 5.41) is 4.58. The van der Waals surface area contributed by atoms with E-state index in [2.05, 4.69) is 36.5 Å². The van der Waals surface area contributed by atoms with Crippen LogP contribution < -0.4 is 5.32 Å². The van der Waals surface area contributed by atoms with Gasteiger partial charge in [-0.2, -0.15) is 0 Å². The van der Waals surface area contributed by atoms with Crippen LogP contribution in [-0.4, -0.2) is 7.05 Å². The first-order chi connectivity index (χ1) is 6.31. The first-order valence-corrected chi connectivity index (χ1v) is 5.25. The third kappa shape index (κ3) is 1.60. The Morgan fingerprint density at radius 1 is 1.38 bits per heavy atom. The molecule has 1 heterocycles. The summed E-state index contributed by atoms with van der Waals surface area (Å²) in [7, 11) is 1.98. The van der Waals surface area contributed by atoms with Gasteiger partial charge in [0, 0.05) is 16.1 Å². The molecule has 1 nitrogen and oxygen atoms in total. The number of aryl methyl sites for hydroxylation is 1. The van der Waals surface area contributed by atoms with Crippen LogP contribution in [0.2, 0.25) is 0 Å². The molecule has 2 heteroatoms. The second-order valence-electron chi connectivity index (χ2n) is 3.23. The van der Waals surface area contributed by atoms with Crippen LogP contribution in [0.25, 0.3) is 10.1 Å². The van der Waals surface area contributed by atoms with Crippen molar-refractivity contribution in [3.8, 4) is 0 Å². The fourth-order valence-corrected chi connectivity index (χ4v) is 2.67. The van der Waals surface area contributed by atoms with Gasteiger partial charge in [0.25, 0.3) is 0 Å². The number of fused-ring (bicyclic) bond motifs is 1. The van der Waals surface area contributed by atoms with Gasteiger partial charge in [0.15, 0.2) is 0 Å². The van der Waals surface area contributed by atoms with Crippen molar-refractivity contribution in [3.05, 3.63) is 34.7 Å². The average Bonchev–Trinajstić information content (AvgIpc) is 2.49. The van der Waals surface area contributed by atoms with E-state index >= 15 is 0 Å². The molecule has 0 spiro atoms. The van der Waals surface area contributed by atoms with E-state index in [0.29, 0.717) is 0 Å². The molecule has 13 heavy (non-hydrogen) atoms. The number of thiophene rings is 1. The molecular formula is C11H13NS. The standard InChI is InChI=1S/C11H13NS/c1-8-4-3-5-11-10(8)6-9(13-11)7-12-2/h3-6,12H,7H2,1-2H3. The summed E-state index contributed by atoms with van der Waals surface area (Å²) in [4.78, 5) is 1.41. The topological polar surface area (TPSA) is 12.0 Å². The molecule has 2 aromatic rings. The smallest absolute Gasteiger partial charge is 0.0348 e. The van der Waals surface area contributed by atoms with Gasteiger partial charge < -0.3 is 5.32 Å². The molecule has 1 aromatic carbocycles. The Morgan fingerprint density at radius 2 is 2.23 bits per heavy atom. The van der Waals surface area contributed by atoms with E-state index in [-0.39, 0.29) is 0 Å². The summed E-state index contributed by atoms with van der Waals surface area (Å²) in [6, 6.07) is 8.76. The zero-order chi connectivity index (χ0) is 9.26. The van der Waals surface area contributed by atoms with Crippen LogP contribution in [-0.2, 0) is 6.54 Å². The highest BCUT2D eigenvalue weighted by Crippen LogP contribution is 2.27. The molecule has 1 aromatic heterocycles. The Labute approximate surface area is 82.4 Å². The van der Waals surface area contributed by atoms with Gasteiger partial charge in [0.1, 0.15) is 0 Å². The van der Waals surface area contributed by atoms with Crippen LogP contribution in [0.5, 0.6) is 0 Å². The van der Waals surface area contributed by atoms with E-state index in [4.69, 9.17) is 0 Å². The van der Waals surface area contributed by atoms with Crippen molar-refractivity contribution in [2.75, 3.05) is 7.05 Å². The van der Waals surface area contributed by atoms with Gasteiger partial charge in [-0.15, -0.1) is 11.3 Å². The van der Waals surface area contributed by atoms with Gasteiger partial charge >= 0.3 is 0 Å². The van der Waals surface area contributed by atoms with Gasteiger partial charge in [-0.25, -0.2) is 0 Å². The molecule has 0 fully saturated rings. The van der Waals surface area contributed by atoms with Crippen LogP contribution in [0.4, 0.5) is 0 Å². The van der Waals surface area contributed by atoms with Gasteiger partial charge in [-0.05, 0) is 37.1 Å². The fraction of sp³-hybridized carbons (Fsp3) is 0.273. The monoisotopic (exact) mass is 191 g/mol. The number of hydrogen-bond acceptors (Lipinski definition) is 2. The lowest BCUT2D eigenvalue weighted by molar-refractivity contribution is 0.832. The molecule has 0 saturated carbocycles. The molecule has 2 rings (SSSR count). The van der Waals surface area contributed by atoms with Crippen molar-refractivity contribution in [2.24, 2.45) is 0 Å². The third-order valence-electron chi connectivity index (χ3n) is 2.18. The minimum atomic E-state index is 0.971. The first kappa shape index (κ1) is 8.73. The third-order valence-corrected chi connectivity index (χ3v) is 3.28. The van der Waals surface area contributed by atoms with Crippen LogP contribution in [0.3, 0.4) is 0 Å². The summed E-state index contributed by atoms with van der Waals surface area (Å²) in [5.41, 5.74) is 1.37. The fourth-order valence-electron chi connectivity index (χ4n) is 1.52. The maximum absolute atomic E-state index is 3.17. The van der Waals surface area contributed by atoms with E-state index in [1.165, 1.54) is 20.5 Å². The summed E-state index contributed by atoms with van der Waals surface area (Å²) < 4.78 is 1.39. The summed E-state index contributed by atoms with van der Waals surface area (Å²) in [6.07, 6.45) is 0. The molecule has 0 radical (unpaired) electrons. The van der Waals surface area contributed by atoms with Crippen molar-refractivity contribution >= 4 is 21.4 Å². The second kappa shape index (κ2) is 3.48. The van der Waals surface area contributed by atoms with Crippen molar-refractivity contribution in [1.82, 2.24) is 5.32 Å². The van der Waals surface area contributed by atoms with Crippen LogP contribution in [0.1, 0.15) is 10.4 Å². The lowest BCUT2D eigenvalue weighted by Crippen LogP contribution is -2.02. The Balaban J connectivity index is 2.55. The highest BCUT2D eigenvalue weighted by molar-refractivity contribution is 7.19. The molecule has 68 valence electrons. The van der Waals surface area contributed by atoms with E-state index in [1.54, 1.807) is 0 Å². The Bertz CT molecular complexity index is 417. The normalized spacial score (nSPS) is 10.9. The molecule has 0 bridgehead atoms. The second-order valence-corrected chi connectivity index (χ2v) is 4.40. The zero-order valence-electron chi connectivity index (χ0n) is 7.92. The summed E-state index contributed by atoms with van der Waals surface area (Å²) in [5.74, 6) is 0. The Kier molecular flexibility index (Phi) is 2.34. The van der Waals surface area contributed by atoms with E-state index in [1.807, 2.05) is 18.4 Å². The SMILES string of the molecule is CNCc1cc2c(C)cccc2s1. The van der Waals surface area contributed by atoms with Crippen molar-refractivity contribution in [2.45, 2.75) is 13.5 Å². The largest absolute Gasteiger partial charge is 0.315 e. The molecule has 0 atom stereocenters. The highest BCUT2D eigenvalue weighted by atomic mass is 32.1. The van der Waals surface area contributed by atoms with Crippen LogP contribution >= 0.6 is 11.3 Å². The summed E-state index contributed by atoms with van der Waals surface area (Å²) in [6.45, 7) is 3.14. The molecule has 0 aliphatic rings. The highest BCUT2D eigenvalue weighted by Gasteiger charge is 2.01. The molecule has 0 aliphatic carbocycles. The quantitative estimate of drug-likeness (QED) is 0.769. The Morgan fingerprint density at radius 3 is 2.92 bits per heavy atom. The predicted octanol–water partition coefficient (Wildman–Crippen LogP) is 2.93. The molecule has 0 aliphatic heterocycles. The molecule has 0 amide bonds. The molecular weight excluding hydrogens is 178 g/mol. The number of benzene rings is 1. The molecule has 0 unspecified atom stereocenters. The van der Waals surface area contributed by atoms with Crippen molar-refractivity contribution in [3.63, 3.8) is 0 Å². The molecule has 0 saturated heterocycles. The van der Waals surface area contributed by atoms with Crippen LogP contribution in [0.15, 0.2) is 24.3 Å². The zero-order valence-corrected chi connectivity index (χ0v) is 8.74. The minimum absolute atomic E-state index is 0.971. The number of nitrogens with one attached hydrogen (secondary N) is 1. The lowest BCUT2D eigenvalue weighted by Gasteiger charge is -1.92. The van der Waals surface area contributed by atoms with Gasteiger partial charge in [-0.3, -0.25) is 0 Å². The van der Waals surface area contributed by atoms with Gasteiger partial charge in [0.05, 0.1) is 0 Å². The van der Waals surface area contributed by atoms with Gasteiger partial charge in [-0.1, -0.05) is 12.1 Å². The Hall–Kier alpha value is -0.860. The van der Waals surface area contributed by atoms with Crippen molar-refractivity contribution < 1.29 is 0 Å². The minimum Gasteiger partial charge on any atom is -0.315 e. The number of rotatable bonds is 2. The summed E-state index contributed by atoms with van der Waals surface area (Å²) >= 11 is 1.87. The van der Waals surface area contributed by atoms with E-state index in [0.717, 1.165) is 6.54 Å².